The number of rotatable bonds is 3. The highest BCUT2D eigenvalue weighted by Crippen LogP contribution is 2.11. The van der Waals surface area contributed by atoms with Gasteiger partial charge < -0.3 is 15.0 Å². The number of ether oxygens (including phenoxy) is 1. The van der Waals surface area contributed by atoms with Crippen molar-refractivity contribution in [2.45, 2.75) is 25.6 Å². The van der Waals surface area contributed by atoms with Crippen LogP contribution in [0.4, 0.5) is 4.79 Å². The third kappa shape index (κ3) is 3.85. The minimum Gasteiger partial charge on any atom is -0.445 e. The predicted octanol–water partition coefficient (Wildman–Crippen LogP) is 2.22. The van der Waals surface area contributed by atoms with Gasteiger partial charge in [0.2, 0.25) is 0 Å². The summed E-state index contributed by atoms with van der Waals surface area (Å²) in [5.41, 5.74) is 0.993. The summed E-state index contributed by atoms with van der Waals surface area (Å²) in [4.78, 5) is 13.8. The van der Waals surface area contributed by atoms with Crippen molar-refractivity contribution in [2.24, 2.45) is 0 Å². The summed E-state index contributed by atoms with van der Waals surface area (Å²) in [6.07, 6.45) is -0.270. The van der Waals surface area contributed by atoms with Crippen LogP contribution in [0.1, 0.15) is 12.5 Å². The molecule has 1 amide bonds. The van der Waals surface area contributed by atoms with Crippen molar-refractivity contribution in [3.8, 4) is 0 Å². The second kappa shape index (κ2) is 6.78. The van der Waals surface area contributed by atoms with Crippen molar-refractivity contribution >= 4 is 17.7 Å². The van der Waals surface area contributed by atoms with E-state index in [0.717, 1.165) is 12.1 Å². The molecule has 4 nitrogen and oxygen atoms in total. The van der Waals surface area contributed by atoms with E-state index in [0.29, 0.717) is 19.0 Å². The van der Waals surface area contributed by atoms with Crippen LogP contribution in [0, 0.1) is 0 Å². The van der Waals surface area contributed by atoms with E-state index in [9.17, 15) is 4.79 Å². The van der Waals surface area contributed by atoms with Gasteiger partial charge in [-0.05, 0) is 12.5 Å². The highest BCUT2D eigenvalue weighted by Gasteiger charge is 2.29. The number of amides is 1. The molecule has 1 N–H and O–H groups in total. The normalized spacial score (nSPS) is 23.2. The Balaban J connectivity index is 1.88. The van der Waals surface area contributed by atoms with Gasteiger partial charge in [0.1, 0.15) is 6.61 Å². The quantitative estimate of drug-likeness (QED) is 0.865. The summed E-state index contributed by atoms with van der Waals surface area (Å²) in [5, 5.41) is 3.30. The number of nitrogens with zero attached hydrogens (tertiary/aromatic N) is 1. The fourth-order valence-corrected chi connectivity index (χ4v) is 2.30. The molecule has 1 aliphatic heterocycles. The van der Waals surface area contributed by atoms with Gasteiger partial charge in [0, 0.05) is 31.1 Å². The smallest absolute Gasteiger partial charge is 0.410 e. The number of hydrogen-bond acceptors (Lipinski definition) is 3. The Morgan fingerprint density at radius 1 is 1.47 bits per heavy atom. The highest BCUT2D eigenvalue weighted by molar-refractivity contribution is 6.18. The van der Waals surface area contributed by atoms with E-state index in [1.54, 1.807) is 4.90 Å². The first kappa shape index (κ1) is 14.2. The van der Waals surface area contributed by atoms with Crippen molar-refractivity contribution in [3.05, 3.63) is 35.9 Å². The Hall–Kier alpha value is -1.26. The lowest BCUT2D eigenvalue weighted by Gasteiger charge is -2.37. The van der Waals surface area contributed by atoms with E-state index in [4.69, 9.17) is 16.3 Å². The van der Waals surface area contributed by atoms with Crippen LogP contribution in [0.3, 0.4) is 0 Å². The molecule has 1 aromatic carbocycles. The fourth-order valence-electron chi connectivity index (χ4n) is 2.09. The van der Waals surface area contributed by atoms with Crippen LogP contribution < -0.4 is 5.32 Å². The molecule has 0 aromatic heterocycles. The van der Waals surface area contributed by atoms with E-state index in [1.807, 2.05) is 37.3 Å². The molecule has 1 heterocycles. The Kier molecular flexibility index (Phi) is 5.05. The Morgan fingerprint density at radius 3 is 2.89 bits per heavy atom. The molecule has 0 spiro atoms. The third-order valence-electron chi connectivity index (χ3n) is 3.28. The lowest BCUT2D eigenvalue weighted by atomic mass is 10.1. The van der Waals surface area contributed by atoms with Crippen LogP contribution in [-0.4, -0.2) is 42.0 Å². The van der Waals surface area contributed by atoms with Gasteiger partial charge in [-0.15, -0.1) is 11.6 Å². The molecular weight excluding hydrogens is 264 g/mol. The molecule has 2 atom stereocenters. The standard InChI is InChI=1S/C14H19ClN2O2/c1-11-8-16-13(7-15)9-17(11)14(18)19-10-12-5-3-2-4-6-12/h2-6,11,13,16H,7-10H2,1H3. The lowest BCUT2D eigenvalue weighted by Crippen LogP contribution is -2.57. The molecule has 1 saturated heterocycles. The largest absolute Gasteiger partial charge is 0.445 e. The molecule has 1 fully saturated rings. The summed E-state index contributed by atoms with van der Waals surface area (Å²) in [6, 6.07) is 9.95. The summed E-state index contributed by atoms with van der Waals surface area (Å²) in [7, 11) is 0. The van der Waals surface area contributed by atoms with Crippen molar-refractivity contribution < 1.29 is 9.53 Å². The predicted molar refractivity (Wildman–Crippen MR) is 75.3 cm³/mol. The first-order valence-corrected chi connectivity index (χ1v) is 7.01. The minimum absolute atomic E-state index is 0.128. The monoisotopic (exact) mass is 282 g/mol. The Morgan fingerprint density at radius 2 is 2.21 bits per heavy atom. The van der Waals surface area contributed by atoms with Gasteiger partial charge in [-0.1, -0.05) is 30.3 Å². The van der Waals surface area contributed by atoms with Gasteiger partial charge in [0.25, 0.3) is 0 Å². The SMILES string of the molecule is CC1CNC(CCl)CN1C(=O)OCc1ccccc1. The zero-order valence-electron chi connectivity index (χ0n) is 11.0. The van der Waals surface area contributed by atoms with Crippen LogP contribution >= 0.6 is 11.6 Å². The van der Waals surface area contributed by atoms with Crippen molar-refractivity contribution in [1.82, 2.24) is 10.2 Å². The highest BCUT2D eigenvalue weighted by atomic mass is 35.5. The van der Waals surface area contributed by atoms with Gasteiger partial charge in [-0.3, -0.25) is 0 Å². The molecule has 1 aromatic rings. The fraction of sp³-hybridized carbons (Fsp3) is 0.500. The van der Waals surface area contributed by atoms with Gasteiger partial charge in [0.05, 0.1) is 0 Å². The van der Waals surface area contributed by atoms with Crippen LogP contribution in [0.15, 0.2) is 30.3 Å². The average Bonchev–Trinajstić information content (AvgIpc) is 2.46. The topological polar surface area (TPSA) is 41.6 Å². The first-order chi connectivity index (χ1) is 9.20. The van der Waals surface area contributed by atoms with E-state index in [1.165, 1.54) is 0 Å². The maximum absolute atomic E-state index is 12.1. The van der Waals surface area contributed by atoms with E-state index >= 15 is 0 Å². The second-order valence-electron chi connectivity index (χ2n) is 4.80. The van der Waals surface area contributed by atoms with E-state index in [-0.39, 0.29) is 18.2 Å². The number of benzene rings is 1. The van der Waals surface area contributed by atoms with Crippen molar-refractivity contribution in [3.63, 3.8) is 0 Å². The molecule has 2 rings (SSSR count). The molecule has 1 aliphatic rings. The Labute approximate surface area is 118 Å². The number of alkyl halides is 1. The minimum atomic E-state index is -0.270. The van der Waals surface area contributed by atoms with Gasteiger partial charge in [0.15, 0.2) is 0 Å². The van der Waals surface area contributed by atoms with E-state index < -0.39 is 0 Å². The Bertz CT molecular complexity index is 413. The lowest BCUT2D eigenvalue weighted by molar-refractivity contribution is 0.0689. The van der Waals surface area contributed by atoms with Crippen molar-refractivity contribution in [1.29, 1.82) is 0 Å². The van der Waals surface area contributed by atoms with Crippen LogP contribution in [-0.2, 0) is 11.3 Å². The van der Waals surface area contributed by atoms with Gasteiger partial charge in [-0.25, -0.2) is 4.79 Å². The van der Waals surface area contributed by atoms with Crippen LogP contribution in [0.2, 0.25) is 0 Å². The van der Waals surface area contributed by atoms with Crippen LogP contribution in [0.25, 0.3) is 0 Å². The number of carbonyl (C=O) groups is 1. The number of nitrogens with one attached hydrogen (secondary N) is 1. The average molecular weight is 283 g/mol. The van der Waals surface area contributed by atoms with Gasteiger partial charge in [-0.2, -0.15) is 0 Å². The first-order valence-electron chi connectivity index (χ1n) is 6.47. The summed E-state index contributed by atoms with van der Waals surface area (Å²) < 4.78 is 5.35. The maximum Gasteiger partial charge on any atom is 0.410 e. The van der Waals surface area contributed by atoms with Gasteiger partial charge >= 0.3 is 6.09 Å². The maximum atomic E-state index is 12.1. The number of halogens is 1. The van der Waals surface area contributed by atoms with Crippen molar-refractivity contribution in [2.75, 3.05) is 19.0 Å². The molecular formula is C14H19ClN2O2. The molecule has 0 saturated carbocycles. The molecule has 0 aliphatic carbocycles. The summed E-state index contributed by atoms with van der Waals surface area (Å²) in [5.74, 6) is 0.495. The third-order valence-corrected chi connectivity index (χ3v) is 3.65. The number of hydrogen-bond donors (Lipinski definition) is 1. The molecule has 0 radical (unpaired) electrons. The molecule has 5 heteroatoms. The summed E-state index contributed by atoms with van der Waals surface area (Å²) in [6.45, 7) is 3.65. The summed E-state index contributed by atoms with van der Waals surface area (Å²) >= 11 is 5.83. The number of piperazine rings is 1. The number of carbonyl (C=O) groups excluding carboxylic acids is 1. The zero-order chi connectivity index (χ0) is 13.7. The second-order valence-corrected chi connectivity index (χ2v) is 5.11. The molecule has 2 unspecified atom stereocenters. The molecule has 104 valence electrons. The van der Waals surface area contributed by atoms with E-state index in [2.05, 4.69) is 5.32 Å². The van der Waals surface area contributed by atoms with Crippen LogP contribution in [0.5, 0.6) is 0 Å². The molecule has 0 bridgehead atoms. The molecule has 19 heavy (non-hydrogen) atoms. The zero-order valence-corrected chi connectivity index (χ0v) is 11.8.